The predicted molar refractivity (Wildman–Crippen MR) is 158 cm³/mol. The van der Waals surface area contributed by atoms with Crippen LogP contribution in [0.1, 0.15) is 57.9 Å². The van der Waals surface area contributed by atoms with Gasteiger partial charge in [-0.25, -0.2) is 4.99 Å². The van der Waals surface area contributed by atoms with Crippen LogP contribution in [-0.2, 0) is 30.2 Å². The van der Waals surface area contributed by atoms with E-state index in [0.717, 1.165) is 18.4 Å². The molecule has 222 valence electrons. The summed E-state index contributed by atoms with van der Waals surface area (Å²) < 4.78 is 29.6. The number of hydrogen-bond donors (Lipinski definition) is 5. The first-order valence-corrected chi connectivity index (χ1v) is 15.2. The van der Waals surface area contributed by atoms with E-state index < -0.39 is 40.3 Å². The quantitative estimate of drug-likeness (QED) is 0.0965. The molecule has 0 heterocycles. The molecule has 0 aliphatic heterocycles. The number of carbonyl (C=O) groups excluding carboxylic acids is 2. The van der Waals surface area contributed by atoms with Gasteiger partial charge >= 0.3 is 7.12 Å². The highest BCUT2D eigenvalue weighted by molar-refractivity contribution is 7.87. The summed E-state index contributed by atoms with van der Waals surface area (Å²) in [5.74, 6) is -1.07. The second-order valence-electron chi connectivity index (χ2n) is 11.1. The first kappa shape index (κ1) is 32.1. The van der Waals surface area contributed by atoms with Crippen molar-refractivity contribution in [2.75, 3.05) is 0 Å². The van der Waals surface area contributed by atoms with E-state index >= 15 is 0 Å². The SMILES string of the molecule is CC(C)(Cc1ccccc1)NC(=O)C1(C(=O)NC(CCCB(O)OS(=O)(=O)c2ccccc2)N=C(N)N)CCCC1. The van der Waals surface area contributed by atoms with Crippen molar-refractivity contribution in [3.8, 4) is 0 Å². The van der Waals surface area contributed by atoms with Crippen LogP contribution in [0, 0.1) is 5.41 Å². The van der Waals surface area contributed by atoms with Gasteiger partial charge in [-0.15, -0.1) is 0 Å². The number of nitrogens with one attached hydrogen (secondary N) is 2. The standard InChI is InChI=1S/C28H40BN5O6S/c1-27(2,20-21-12-5-3-6-13-21)34-25(36)28(17-9-10-18-28)24(35)32-23(33-26(30)31)16-11-19-29(37)40-41(38,39)22-14-7-4-8-15-22/h3-8,12-15,23,37H,9-11,16-20H2,1-2H3,(H,32,35)(H,34,36)(H4,30,31,33). The third-order valence-corrected chi connectivity index (χ3v) is 8.39. The fourth-order valence-corrected chi connectivity index (χ4v) is 6.06. The number of carbonyl (C=O) groups is 2. The Morgan fingerprint density at radius 2 is 1.63 bits per heavy atom. The molecule has 3 rings (SSSR count). The van der Waals surface area contributed by atoms with Crippen LogP contribution in [0.4, 0.5) is 0 Å². The summed E-state index contributed by atoms with van der Waals surface area (Å²) in [5, 5.41) is 16.1. The third-order valence-electron chi connectivity index (χ3n) is 7.07. The first-order chi connectivity index (χ1) is 19.3. The molecule has 0 aromatic heterocycles. The lowest BCUT2D eigenvalue weighted by atomic mass is 9.81. The molecule has 2 amide bonds. The van der Waals surface area contributed by atoms with Gasteiger partial charge < -0.3 is 27.1 Å². The first-order valence-electron chi connectivity index (χ1n) is 13.8. The Bertz CT molecular complexity index is 1300. The minimum absolute atomic E-state index is 0.0578. The van der Waals surface area contributed by atoms with Crippen LogP contribution in [0.15, 0.2) is 70.6 Å². The van der Waals surface area contributed by atoms with Crippen LogP contribution >= 0.6 is 0 Å². The number of guanidine groups is 1. The number of nitrogens with two attached hydrogens (primary N) is 2. The van der Waals surface area contributed by atoms with E-state index in [1.165, 1.54) is 12.1 Å². The maximum atomic E-state index is 13.6. The van der Waals surface area contributed by atoms with E-state index in [9.17, 15) is 23.0 Å². The normalized spacial score (nSPS) is 15.5. The molecule has 0 saturated heterocycles. The lowest BCUT2D eigenvalue weighted by Gasteiger charge is -2.34. The summed E-state index contributed by atoms with van der Waals surface area (Å²) in [5.41, 5.74) is 10.4. The Kier molecular flexibility index (Phi) is 10.9. The van der Waals surface area contributed by atoms with Crippen molar-refractivity contribution < 1.29 is 27.1 Å². The Morgan fingerprint density at radius 1 is 1.05 bits per heavy atom. The zero-order valence-electron chi connectivity index (χ0n) is 23.6. The van der Waals surface area contributed by atoms with E-state index in [0.29, 0.717) is 19.3 Å². The van der Waals surface area contributed by atoms with Crippen molar-refractivity contribution in [2.45, 2.75) is 81.7 Å². The Hall–Kier alpha value is -3.42. The summed E-state index contributed by atoms with van der Waals surface area (Å²) in [6, 6.07) is 17.3. The number of aliphatic imine (C=N–C) groups is 1. The van der Waals surface area contributed by atoms with Crippen LogP contribution in [0.3, 0.4) is 0 Å². The van der Waals surface area contributed by atoms with Gasteiger partial charge in [0, 0.05) is 5.54 Å². The number of amides is 2. The molecule has 7 N–H and O–H groups in total. The van der Waals surface area contributed by atoms with Gasteiger partial charge in [0.1, 0.15) is 11.6 Å². The lowest BCUT2D eigenvalue weighted by Crippen LogP contribution is -2.57. The van der Waals surface area contributed by atoms with Crippen molar-refractivity contribution in [1.82, 2.24) is 10.6 Å². The van der Waals surface area contributed by atoms with E-state index in [1.807, 2.05) is 44.2 Å². The third kappa shape index (κ3) is 9.30. The molecule has 2 aromatic carbocycles. The zero-order chi connectivity index (χ0) is 30.1. The van der Waals surface area contributed by atoms with Gasteiger partial charge in [0.2, 0.25) is 11.8 Å². The number of benzene rings is 2. The van der Waals surface area contributed by atoms with Gasteiger partial charge in [-0.1, -0.05) is 67.8 Å². The Balaban J connectivity index is 1.62. The smallest absolute Gasteiger partial charge is 0.426 e. The summed E-state index contributed by atoms with van der Waals surface area (Å²) in [4.78, 5) is 31.2. The van der Waals surface area contributed by atoms with Crippen LogP contribution in [0.2, 0.25) is 6.32 Å². The molecular weight excluding hydrogens is 545 g/mol. The number of hydrogen-bond acceptors (Lipinski definition) is 7. The summed E-state index contributed by atoms with van der Waals surface area (Å²) in [7, 11) is -5.75. The van der Waals surface area contributed by atoms with Crippen LogP contribution in [0.25, 0.3) is 0 Å². The molecule has 1 saturated carbocycles. The Morgan fingerprint density at radius 3 is 2.22 bits per heavy atom. The van der Waals surface area contributed by atoms with Gasteiger partial charge in [0.15, 0.2) is 5.96 Å². The molecule has 41 heavy (non-hydrogen) atoms. The molecule has 11 nitrogen and oxygen atoms in total. The van der Waals surface area contributed by atoms with Gasteiger partial charge in [0.05, 0.1) is 4.90 Å². The molecule has 1 fully saturated rings. The topological polar surface area (TPSA) is 186 Å². The lowest BCUT2D eigenvalue weighted by molar-refractivity contribution is -0.144. The van der Waals surface area contributed by atoms with Crippen molar-refractivity contribution in [3.63, 3.8) is 0 Å². The minimum atomic E-state index is -4.14. The largest absolute Gasteiger partial charge is 0.471 e. The van der Waals surface area contributed by atoms with Gasteiger partial charge in [-0.2, -0.15) is 8.42 Å². The summed E-state index contributed by atoms with van der Waals surface area (Å²) >= 11 is 0. The molecule has 1 aliphatic rings. The molecule has 0 radical (unpaired) electrons. The van der Waals surface area contributed by atoms with Crippen LogP contribution in [0.5, 0.6) is 0 Å². The van der Waals surface area contributed by atoms with Gasteiger partial charge in [-0.05, 0) is 63.5 Å². The highest BCUT2D eigenvalue weighted by Crippen LogP contribution is 2.39. The van der Waals surface area contributed by atoms with Gasteiger partial charge in [0.25, 0.3) is 10.1 Å². The summed E-state index contributed by atoms with van der Waals surface area (Å²) in [6.45, 7) is 3.85. The van der Waals surface area contributed by atoms with Crippen molar-refractivity contribution in [1.29, 1.82) is 0 Å². The molecule has 1 atom stereocenters. The van der Waals surface area contributed by atoms with E-state index in [2.05, 4.69) is 15.6 Å². The molecular formula is C28H40BN5O6S. The predicted octanol–water partition coefficient (Wildman–Crippen LogP) is 2.07. The monoisotopic (exact) mass is 585 g/mol. The minimum Gasteiger partial charge on any atom is -0.426 e. The second-order valence-corrected chi connectivity index (χ2v) is 12.7. The maximum Gasteiger partial charge on any atom is 0.471 e. The average molecular weight is 586 g/mol. The zero-order valence-corrected chi connectivity index (χ0v) is 24.4. The number of nitrogens with zero attached hydrogens (tertiary/aromatic N) is 1. The van der Waals surface area contributed by atoms with Crippen molar-refractivity contribution >= 4 is 35.0 Å². The van der Waals surface area contributed by atoms with Gasteiger partial charge in [-0.3, -0.25) is 13.7 Å². The highest BCUT2D eigenvalue weighted by atomic mass is 32.2. The fraction of sp³-hybridized carbons (Fsp3) is 0.464. The summed E-state index contributed by atoms with van der Waals surface area (Å²) in [6.07, 6.45) is 2.29. The van der Waals surface area contributed by atoms with Crippen molar-refractivity contribution in [2.24, 2.45) is 21.9 Å². The van der Waals surface area contributed by atoms with E-state index in [4.69, 9.17) is 15.6 Å². The molecule has 1 aliphatic carbocycles. The molecule has 1 unspecified atom stereocenters. The van der Waals surface area contributed by atoms with Crippen LogP contribution < -0.4 is 22.1 Å². The molecule has 0 spiro atoms. The molecule has 13 heteroatoms. The van der Waals surface area contributed by atoms with E-state index in [1.54, 1.807) is 18.2 Å². The maximum absolute atomic E-state index is 13.6. The van der Waals surface area contributed by atoms with Crippen molar-refractivity contribution in [3.05, 3.63) is 66.2 Å². The number of rotatable bonds is 14. The molecule has 0 bridgehead atoms. The second kappa shape index (κ2) is 14.0. The highest BCUT2D eigenvalue weighted by Gasteiger charge is 2.49. The fourth-order valence-electron chi connectivity index (χ4n) is 5.07. The van der Waals surface area contributed by atoms with Crippen LogP contribution in [-0.4, -0.2) is 50.0 Å². The average Bonchev–Trinajstić information content (AvgIpc) is 3.40. The molecule has 2 aromatic rings. The Labute approximate surface area is 242 Å². The van der Waals surface area contributed by atoms with E-state index in [-0.39, 0.29) is 35.9 Å².